The normalized spacial score (nSPS) is 14.3. The van der Waals surface area contributed by atoms with E-state index in [2.05, 4.69) is 132 Å². The largest absolute Gasteiger partial charge is 0.354 e. The molecular weight excluding hydrogens is 412 g/mol. The average molecular weight is 435 g/mol. The number of H-pyrrole nitrogens is 1. The van der Waals surface area contributed by atoms with Crippen molar-refractivity contribution in [2.24, 2.45) is 4.99 Å². The highest BCUT2D eigenvalue weighted by molar-refractivity contribution is 6.21. The van der Waals surface area contributed by atoms with E-state index in [1.165, 1.54) is 27.5 Å². The first-order chi connectivity index (χ1) is 16.9. The maximum atomic E-state index is 5.35. The summed E-state index contributed by atoms with van der Waals surface area (Å²) < 4.78 is 0. The van der Waals surface area contributed by atoms with Crippen molar-refractivity contribution in [1.82, 2.24) is 4.98 Å². The number of fused-ring (bicyclic) bond motifs is 5. The molecular formula is C32H22N2. The number of aromatic nitrogens is 1. The first-order valence-corrected chi connectivity index (χ1v) is 11.7. The highest BCUT2D eigenvalue weighted by Gasteiger charge is 2.48. The SMILES string of the molecule is c1ccc(C2=Nc3ccc4c([nH]c5ccccc54)c3C2(c2ccccc2)c2ccccc2)cc1. The van der Waals surface area contributed by atoms with E-state index in [-0.39, 0.29) is 0 Å². The Bertz CT molecular complexity index is 1640. The molecule has 7 rings (SSSR count). The molecule has 0 radical (unpaired) electrons. The van der Waals surface area contributed by atoms with Crippen LogP contribution in [-0.2, 0) is 5.41 Å². The zero-order valence-electron chi connectivity index (χ0n) is 18.6. The third kappa shape index (κ3) is 2.54. The van der Waals surface area contributed by atoms with E-state index >= 15 is 0 Å². The molecule has 2 nitrogen and oxygen atoms in total. The van der Waals surface area contributed by atoms with Crippen LogP contribution in [0.4, 0.5) is 5.69 Å². The van der Waals surface area contributed by atoms with Gasteiger partial charge in [0.2, 0.25) is 0 Å². The van der Waals surface area contributed by atoms with Crippen LogP contribution in [0, 0.1) is 0 Å². The third-order valence-electron chi connectivity index (χ3n) is 7.08. The maximum absolute atomic E-state index is 5.35. The van der Waals surface area contributed by atoms with Crippen LogP contribution in [0.5, 0.6) is 0 Å². The summed E-state index contributed by atoms with van der Waals surface area (Å²) in [5, 5.41) is 2.47. The van der Waals surface area contributed by atoms with Gasteiger partial charge in [0.15, 0.2) is 0 Å². The molecule has 0 unspecified atom stereocenters. The molecule has 0 saturated heterocycles. The minimum absolute atomic E-state index is 0.542. The van der Waals surface area contributed by atoms with Gasteiger partial charge >= 0.3 is 0 Å². The van der Waals surface area contributed by atoms with Crippen LogP contribution in [0.3, 0.4) is 0 Å². The molecule has 1 aliphatic rings. The minimum Gasteiger partial charge on any atom is -0.354 e. The molecule has 1 aliphatic heterocycles. The van der Waals surface area contributed by atoms with Crippen LogP contribution in [0.15, 0.2) is 132 Å². The van der Waals surface area contributed by atoms with Crippen molar-refractivity contribution < 1.29 is 0 Å². The van der Waals surface area contributed by atoms with Gasteiger partial charge in [-0.05, 0) is 28.8 Å². The van der Waals surface area contributed by atoms with Gasteiger partial charge in [0.25, 0.3) is 0 Å². The van der Waals surface area contributed by atoms with E-state index < -0.39 is 5.41 Å². The Morgan fingerprint density at radius 2 is 1.12 bits per heavy atom. The highest BCUT2D eigenvalue weighted by atomic mass is 14.9. The van der Waals surface area contributed by atoms with Crippen LogP contribution in [0.25, 0.3) is 21.8 Å². The number of rotatable bonds is 3. The van der Waals surface area contributed by atoms with Gasteiger partial charge in [0, 0.05) is 21.9 Å². The number of benzene rings is 5. The lowest BCUT2D eigenvalue weighted by Gasteiger charge is -2.34. The monoisotopic (exact) mass is 434 g/mol. The van der Waals surface area contributed by atoms with Gasteiger partial charge in [-0.3, -0.25) is 4.99 Å². The topological polar surface area (TPSA) is 28.1 Å². The summed E-state index contributed by atoms with van der Waals surface area (Å²) in [5.74, 6) is 0. The van der Waals surface area contributed by atoms with Crippen molar-refractivity contribution in [3.05, 3.63) is 150 Å². The second-order valence-corrected chi connectivity index (χ2v) is 8.86. The second kappa shape index (κ2) is 7.29. The van der Waals surface area contributed by atoms with Crippen molar-refractivity contribution in [2.75, 3.05) is 0 Å². The molecule has 2 heteroatoms. The molecule has 0 amide bonds. The lowest BCUT2D eigenvalue weighted by atomic mass is 9.65. The molecule has 2 heterocycles. The van der Waals surface area contributed by atoms with Crippen LogP contribution >= 0.6 is 0 Å². The number of hydrogen-bond donors (Lipinski definition) is 1. The number of nitrogens with one attached hydrogen (secondary N) is 1. The predicted octanol–water partition coefficient (Wildman–Crippen LogP) is 7.79. The minimum atomic E-state index is -0.542. The fraction of sp³-hybridized carbons (Fsp3) is 0.0312. The van der Waals surface area contributed by atoms with Crippen molar-refractivity contribution >= 4 is 33.2 Å². The molecule has 1 aromatic heterocycles. The maximum Gasteiger partial charge on any atom is 0.0921 e. The lowest BCUT2D eigenvalue weighted by molar-refractivity contribution is 0.857. The van der Waals surface area contributed by atoms with Gasteiger partial charge in [-0.2, -0.15) is 0 Å². The second-order valence-electron chi connectivity index (χ2n) is 8.86. The quantitative estimate of drug-likeness (QED) is 0.294. The predicted molar refractivity (Wildman–Crippen MR) is 141 cm³/mol. The summed E-state index contributed by atoms with van der Waals surface area (Å²) in [5.41, 5.74) is 8.63. The smallest absolute Gasteiger partial charge is 0.0921 e. The molecule has 0 bridgehead atoms. The first kappa shape index (κ1) is 19.1. The molecule has 0 spiro atoms. The fourth-order valence-electron chi connectivity index (χ4n) is 5.69. The summed E-state index contributed by atoms with van der Waals surface area (Å²) in [6.45, 7) is 0. The molecule has 0 aliphatic carbocycles. The Balaban J connectivity index is 1.69. The Morgan fingerprint density at radius 1 is 0.529 bits per heavy atom. The zero-order valence-corrected chi connectivity index (χ0v) is 18.6. The Labute approximate surface area is 198 Å². The van der Waals surface area contributed by atoms with Gasteiger partial charge in [-0.15, -0.1) is 0 Å². The Kier molecular flexibility index (Phi) is 4.09. The van der Waals surface area contributed by atoms with Gasteiger partial charge in [-0.1, -0.05) is 115 Å². The summed E-state index contributed by atoms with van der Waals surface area (Å²) in [6.07, 6.45) is 0. The molecule has 160 valence electrons. The molecule has 0 saturated carbocycles. The lowest BCUT2D eigenvalue weighted by Crippen LogP contribution is -2.36. The molecule has 0 fully saturated rings. The van der Waals surface area contributed by atoms with Crippen molar-refractivity contribution in [1.29, 1.82) is 0 Å². The number of nitrogens with zero attached hydrogens (tertiary/aromatic N) is 1. The van der Waals surface area contributed by atoms with E-state index in [4.69, 9.17) is 4.99 Å². The molecule has 5 aromatic carbocycles. The number of aliphatic imine (C=N–C) groups is 1. The number of para-hydroxylation sites is 1. The summed E-state index contributed by atoms with van der Waals surface area (Å²) in [6, 6.07) is 45.2. The zero-order chi connectivity index (χ0) is 22.5. The summed E-state index contributed by atoms with van der Waals surface area (Å²) >= 11 is 0. The van der Waals surface area contributed by atoms with Crippen molar-refractivity contribution in [3.63, 3.8) is 0 Å². The van der Waals surface area contributed by atoms with E-state index in [1.54, 1.807) is 0 Å². The van der Waals surface area contributed by atoms with Crippen LogP contribution in [0.1, 0.15) is 22.3 Å². The van der Waals surface area contributed by atoms with Crippen molar-refractivity contribution in [2.45, 2.75) is 5.41 Å². The summed E-state index contributed by atoms with van der Waals surface area (Å²) in [4.78, 5) is 9.12. The van der Waals surface area contributed by atoms with Gasteiger partial charge in [-0.25, -0.2) is 0 Å². The van der Waals surface area contributed by atoms with E-state index in [0.29, 0.717) is 0 Å². The van der Waals surface area contributed by atoms with E-state index in [9.17, 15) is 0 Å². The molecule has 0 atom stereocenters. The van der Waals surface area contributed by atoms with Gasteiger partial charge in [0.05, 0.1) is 22.3 Å². The molecule has 6 aromatic rings. The van der Waals surface area contributed by atoms with Gasteiger partial charge in [0.1, 0.15) is 0 Å². The van der Waals surface area contributed by atoms with Crippen LogP contribution < -0.4 is 0 Å². The number of hydrogen-bond acceptors (Lipinski definition) is 1. The van der Waals surface area contributed by atoms with Crippen LogP contribution in [0.2, 0.25) is 0 Å². The van der Waals surface area contributed by atoms with Crippen LogP contribution in [-0.4, -0.2) is 10.7 Å². The first-order valence-electron chi connectivity index (χ1n) is 11.7. The third-order valence-corrected chi connectivity index (χ3v) is 7.08. The van der Waals surface area contributed by atoms with Crippen molar-refractivity contribution in [3.8, 4) is 0 Å². The number of aromatic amines is 1. The average Bonchev–Trinajstić information content (AvgIpc) is 3.47. The molecule has 1 N–H and O–H groups in total. The Hall–Kier alpha value is -4.43. The van der Waals surface area contributed by atoms with E-state index in [1.807, 2.05) is 0 Å². The van der Waals surface area contributed by atoms with E-state index in [0.717, 1.165) is 28.0 Å². The molecule has 34 heavy (non-hydrogen) atoms. The summed E-state index contributed by atoms with van der Waals surface area (Å²) in [7, 11) is 0. The Morgan fingerprint density at radius 3 is 1.79 bits per heavy atom. The fourth-order valence-corrected chi connectivity index (χ4v) is 5.69. The standard InChI is InChI=1S/C32H22N2/c1-4-12-22(13-5-1)31-32(23-14-6-2-7-15-23,24-16-8-3-9-17-24)29-28(34-31)21-20-26-25-18-10-11-19-27(25)33-30(26)29/h1-21,33H. The van der Waals surface area contributed by atoms with Gasteiger partial charge < -0.3 is 4.98 Å². The highest BCUT2D eigenvalue weighted by Crippen LogP contribution is 2.53.